The number of ether oxygens (including phenoxy) is 1. The van der Waals surface area contributed by atoms with Crippen molar-refractivity contribution >= 4 is 21.6 Å². The summed E-state index contributed by atoms with van der Waals surface area (Å²) < 4.78 is 28.5. The fourth-order valence-corrected chi connectivity index (χ4v) is 3.30. The first-order valence-corrected chi connectivity index (χ1v) is 7.26. The Hall–Kier alpha value is -1.76. The van der Waals surface area contributed by atoms with Gasteiger partial charge in [0.05, 0.1) is 6.54 Å². The van der Waals surface area contributed by atoms with Crippen molar-refractivity contribution in [1.82, 2.24) is 4.31 Å². The molecule has 104 valence electrons. The van der Waals surface area contributed by atoms with Gasteiger partial charge in [-0.3, -0.25) is 4.79 Å². The minimum atomic E-state index is -3.53. The molecule has 0 bridgehead atoms. The zero-order chi connectivity index (χ0) is 14.3. The van der Waals surface area contributed by atoms with Crippen LogP contribution in [-0.4, -0.2) is 36.5 Å². The van der Waals surface area contributed by atoms with Crippen LogP contribution in [0.1, 0.15) is 13.8 Å². The summed E-state index contributed by atoms with van der Waals surface area (Å²) >= 11 is 0. The van der Waals surface area contributed by atoms with Crippen molar-refractivity contribution in [3.05, 3.63) is 24.3 Å². The van der Waals surface area contributed by atoms with Gasteiger partial charge in [-0.2, -0.15) is 0 Å². The second kappa shape index (κ2) is 4.41. The highest BCUT2D eigenvalue weighted by molar-refractivity contribution is 7.94. The number of rotatable bonds is 4. The Bertz CT molecular complexity index is 593. The Kier molecular flexibility index (Phi) is 3.17. The van der Waals surface area contributed by atoms with E-state index in [-0.39, 0.29) is 13.2 Å². The third-order valence-corrected chi connectivity index (χ3v) is 5.51. The van der Waals surface area contributed by atoms with Gasteiger partial charge in [-0.25, -0.2) is 12.7 Å². The third kappa shape index (κ3) is 2.14. The maximum absolute atomic E-state index is 11.8. The van der Waals surface area contributed by atoms with Crippen molar-refractivity contribution in [1.29, 1.82) is 0 Å². The zero-order valence-electron chi connectivity index (χ0n) is 10.8. The van der Waals surface area contributed by atoms with Gasteiger partial charge in [0.2, 0.25) is 0 Å². The van der Waals surface area contributed by atoms with Crippen LogP contribution in [0.4, 0.5) is 5.69 Å². The molecule has 0 radical (unpaired) electrons. The molecule has 7 heteroatoms. The second-order valence-electron chi connectivity index (χ2n) is 4.81. The molecule has 1 fully saturated rings. The highest BCUT2D eigenvalue weighted by Crippen LogP contribution is 2.34. The average Bonchev–Trinajstić information content (AvgIpc) is 2.35. The second-order valence-corrected chi connectivity index (χ2v) is 7.22. The molecule has 1 aliphatic heterocycles. The number of benzene rings is 1. The number of anilines is 1. The van der Waals surface area contributed by atoms with Crippen LogP contribution >= 0.6 is 0 Å². The molecule has 2 N–H and O–H groups in total. The van der Waals surface area contributed by atoms with E-state index in [1.165, 1.54) is 13.8 Å². The van der Waals surface area contributed by atoms with Crippen LogP contribution in [-0.2, 0) is 14.8 Å². The van der Waals surface area contributed by atoms with Crippen molar-refractivity contribution in [2.75, 3.05) is 18.9 Å². The minimum Gasteiger partial charge on any atom is -0.492 e. The number of hydrogen-bond donors (Lipinski definition) is 1. The van der Waals surface area contributed by atoms with Gasteiger partial charge in [0, 0.05) is 5.69 Å². The Morgan fingerprint density at radius 1 is 1.26 bits per heavy atom. The summed E-state index contributed by atoms with van der Waals surface area (Å²) in [5, 5.41) is 0. The summed E-state index contributed by atoms with van der Waals surface area (Å²) in [4.78, 5) is 11.7. The van der Waals surface area contributed by atoms with Gasteiger partial charge in [0.1, 0.15) is 12.4 Å². The van der Waals surface area contributed by atoms with Crippen LogP contribution in [0, 0.1) is 0 Å². The van der Waals surface area contributed by atoms with Crippen LogP contribution in [0.15, 0.2) is 24.3 Å². The standard InChI is InChI=1S/C12H16N2O4S/c1-12(2)11(15)14(19(12,16)17)7-8-18-10-5-3-9(13)4-6-10/h3-6H,7-8,13H2,1-2H3. The van der Waals surface area contributed by atoms with Crippen LogP contribution in [0.2, 0.25) is 0 Å². The lowest BCUT2D eigenvalue weighted by Crippen LogP contribution is -2.67. The predicted molar refractivity (Wildman–Crippen MR) is 71.1 cm³/mol. The number of sulfonamides is 1. The van der Waals surface area contributed by atoms with Gasteiger partial charge in [-0.15, -0.1) is 0 Å². The van der Waals surface area contributed by atoms with Crippen molar-refractivity contribution in [3.8, 4) is 5.75 Å². The number of amides is 1. The molecule has 2 rings (SSSR count). The smallest absolute Gasteiger partial charge is 0.259 e. The molecule has 0 atom stereocenters. The molecule has 1 heterocycles. The lowest BCUT2D eigenvalue weighted by molar-refractivity contribution is -0.132. The fraction of sp³-hybridized carbons (Fsp3) is 0.417. The molecular weight excluding hydrogens is 268 g/mol. The van der Waals surface area contributed by atoms with Crippen LogP contribution in [0.3, 0.4) is 0 Å². The summed E-state index contributed by atoms with van der Waals surface area (Å²) in [6.45, 7) is 2.95. The maximum Gasteiger partial charge on any atom is 0.259 e. The Balaban J connectivity index is 1.91. The topological polar surface area (TPSA) is 89.7 Å². The van der Waals surface area contributed by atoms with Gasteiger partial charge >= 0.3 is 0 Å². The Morgan fingerprint density at radius 3 is 2.37 bits per heavy atom. The molecule has 0 unspecified atom stereocenters. The van der Waals surface area contributed by atoms with E-state index in [9.17, 15) is 13.2 Å². The van der Waals surface area contributed by atoms with E-state index in [4.69, 9.17) is 10.5 Å². The van der Waals surface area contributed by atoms with Crippen molar-refractivity contribution in [2.24, 2.45) is 0 Å². The SMILES string of the molecule is CC1(C)C(=O)N(CCOc2ccc(N)cc2)S1(=O)=O. The van der Waals surface area contributed by atoms with E-state index in [2.05, 4.69) is 0 Å². The quantitative estimate of drug-likeness (QED) is 0.818. The third-order valence-electron chi connectivity index (χ3n) is 3.12. The molecule has 6 nitrogen and oxygen atoms in total. The molecule has 1 aromatic carbocycles. The highest BCUT2D eigenvalue weighted by Gasteiger charge is 2.59. The molecule has 0 aliphatic carbocycles. The lowest BCUT2D eigenvalue weighted by Gasteiger charge is -2.42. The summed E-state index contributed by atoms with van der Waals surface area (Å²) in [6, 6.07) is 6.74. The molecular formula is C12H16N2O4S. The van der Waals surface area contributed by atoms with E-state index in [0.29, 0.717) is 11.4 Å². The first-order chi connectivity index (χ1) is 8.76. The molecule has 0 spiro atoms. The summed E-state index contributed by atoms with van der Waals surface area (Å²) in [6.07, 6.45) is 0. The average molecular weight is 284 g/mol. The van der Waals surface area contributed by atoms with E-state index < -0.39 is 20.7 Å². The van der Waals surface area contributed by atoms with E-state index >= 15 is 0 Å². The molecule has 1 aromatic rings. The van der Waals surface area contributed by atoms with E-state index in [0.717, 1.165) is 4.31 Å². The number of carbonyl (C=O) groups excluding carboxylic acids is 1. The van der Waals surface area contributed by atoms with Crippen LogP contribution in [0.25, 0.3) is 0 Å². The van der Waals surface area contributed by atoms with Crippen molar-refractivity contribution in [3.63, 3.8) is 0 Å². The number of nitrogens with zero attached hydrogens (tertiary/aromatic N) is 1. The summed E-state index contributed by atoms with van der Waals surface area (Å²) in [5.41, 5.74) is 6.15. The van der Waals surface area contributed by atoms with Gasteiger partial charge in [-0.1, -0.05) is 0 Å². The van der Waals surface area contributed by atoms with E-state index in [1.807, 2.05) is 0 Å². The first-order valence-electron chi connectivity index (χ1n) is 5.82. The monoisotopic (exact) mass is 284 g/mol. The fourth-order valence-electron chi connectivity index (χ4n) is 1.79. The van der Waals surface area contributed by atoms with Crippen molar-refractivity contribution < 1.29 is 17.9 Å². The molecule has 1 amide bonds. The summed E-state index contributed by atoms with van der Waals surface area (Å²) in [5.74, 6) is 0.187. The summed E-state index contributed by atoms with van der Waals surface area (Å²) in [7, 11) is -3.53. The molecule has 1 aliphatic rings. The Labute approximate surface area is 112 Å². The number of hydrogen-bond acceptors (Lipinski definition) is 5. The minimum absolute atomic E-state index is 0.0228. The number of carbonyl (C=O) groups is 1. The zero-order valence-corrected chi connectivity index (χ0v) is 11.6. The highest BCUT2D eigenvalue weighted by atomic mass is 32.2. The van der Waals surface area contributed by atoms with Crippen LogP contribution in [0.5, 0.6) is 5.75 Å². The van der Waals surface area contributed by atoms with Gasteiger partial charge in [-0.05, 0) is 38.1 Å². The molecule has 19 heavy (non-hydrogen) atoms. The first kappa shape index (κ1) is 13.7. The van der Waals surface area contributed by atoms with Crippen molar-refractivity contribution in [2.45, 2.75) is 18.6 Å². The van der Waals surface area contributed by atoms with Gasteiger partial charge in [0.25, 0.3) is 15.9 Å². The molecule has 1 saturated heterocycles. The van der Waals surface area contributed by atoms with Gasteiger partial charge in [0.15, 0.2) is 4.75 Å². The van der Waals surface area contributed by atoms with Gasteiger partial charge < -0.3 is 10.5 Å². The number of nitrogen functional groups attached to an aromatic ring is 1. The molecule has 0 aromatic heterocycles. The number of nitrogens with two attached hydrogens (primary N) is 1. The maximum atomic E-state index is 11.8. The Morgan fingerprint density at radius 2 is 1.84 bits per heavy atom. The predicted octanol–water partition coefficient (Wildman–Crippen LogP) is 0.598. The molecule has 0 saturated carbocycles. The largest absolute Gasteiger partial charge is 0.492 e. The van der Waals surface area contributed by atoms with Crippen LogP contribution < -0.4 is 10.5 Å². The normalized spacial score (nSPS) is 19.9. The lowest BCUT2D eigenvalue weighted by atomic mass is 10.2. The van der Waals surface area contributed by atoms with E-state index in [1.54, 1.807) is 24.3 Å².